The number of halogens is 1. The summed E-state index contributed by atoms with van der Waals surface area (Å²) in [6, 6.07) is 16.0. The van der Waals surface area contributed by atoms with Gasteiger partial charge in [0.25, 0.3) is 0 Å². The molecule has 0 aliphatic rings. The second kappa shape index (κ2) is 6.64. The van der Waals surface area contributed by atoms with E-state index in [-0.39, 0.29) is 17.3 Å². The van der Waals surface area contributed by atoms with Gasteiger partial charge in [-0.25, -0.2) is 17.8 Å². The number of sulfonamides is 1. The number of nitrogens with zero attached hydrogens (tertiary/aromatic N) is 2. The quantitative estimate of drug-likeness (QED) is 0.730. The number of nitrogen functional groups attached to an aromatic ring is 1. The van der Waals surface area contributed by atoms with E-state index >= 15 is 0 Å². The van der Waals surface area contributed by atoms with Gasteiger partial charge in [0.1, 0.15) is 10.7 Å². The number of hydrogen-bond acceptors (Lipinski definition) is 4. The number of nitrogens with one attached hydrogen (secondary N) is 1. The molecule has 0 amide bonds. The van der Waals surface area contributed by atoms with Gasteiger partial charge in [-0.05, 0) is 29.8 Å². The van der Waals surface area contributed by atoms with Crippen molar-refractivity contribution in [2.45, 2.75) is 11.4 Å². The molecule has 0 aliphatic carbocycles. The molecule has 3 rings (SSSR count). The fraction of sp³-hybridized carbons (Fsp3) is 0.0625. The van der Waals surface area contributed by atoms with Crippen molar-refractivity contribution in [1.29, 1.82) is 0 Å². The molecule has 0 spiro atoms. The minimum Gasteiger partial charge on any atom is -0.382 e. The Kier molecular flexibility index (Phi) is 4.57. The molecule has 0 aliphatic heterocycles. The summed E-state index contributed by atoms with van der Waals surface area (Å²) in [4.78, 5) is -0.0553. The van der Waals surface area contributed by atoms with Gasteiger partial charge in [0.2, 0.25) is 10.0 Å². The van der Waals surface area contributed by atoms with Gasteiger partial charge in [0, 0.05) is 11.6 Å². The molecular weight excluding hydrogens is 348 g/mol. The first-order valence-corrected chi connectivity index (χ1v) is 8.96. The molecule has 6 nitrogen and oxygen atoms in total. The highest BCUT2D eigenvalue weighted by Gasteiger charge is 2.22. The third-order valence-electron chi connectivity index (χ3n) is 3.44. The topological polar surface area (TPSA) is 90.0 Å². The largest absolute Gasteiger partial charge is 0.382 e. The van der Waals surface area contributed by atoms with Gasteiger partial charge in [0.05, 0.1) is 11.9 Å². The molecule has 0 bridgehead atoms. The normalized spacial score (nSPS) is 11.5. The monoisotopic (exact) mass is 362 g/mol. The molecule has 8 heteroatoms. The van der Waals surface area contributed by atoms with Crippen LogP contribution in [0.4, 0.5) is 5.82 Å². The summed E-state index contributed by atoms with van der Waals surface area (Å²) in [5.41, 5.74) is 7.45. The highest BCUT2D eigenvalue weighted by Crippen LogP contribution is 2.21. The van der Waals surface area contributed by atoms with Crippen molar-refractivity contribution < 1.29 is 8.42 Å². The Morgan fingerprint density at radius 2 is 1.75 bits per heavy atom. The zero-order valence-corrected chi connectivity index (χ0v) is 14.1. The molecule has 1 heterocycles. The Bertz CT molecular complexity index is 938. The molecule has 0 unspecified atom stereocenters. The highest BCUT2D eigenvalue weighted by molar-refractivity contribution is 7.89. The maximum atomic E-state index is 12.5. The van der Waals surface area contributed by atoms with Gasteiger partial charge < -0.3 is 5.73 Å². The van der Waals surface area contributed by atoms with E-state index in [1.807, 2.05) is 18.2 Å². The molecule has 0 atom stereocenters. The molecule has 0 saturated heterocycles. The van der Waals surface area contributed by atoms with Crippen molar-refractivity contribution in [3.63, 3.8) is 0 Å². The lowest BCUT2D eigenvalue weighted by molar-refractivity contribution is 0.582. The van der Waals surface area contributed by atoms with E-state index < -0.39 is 10.0 Å². The van der Waals surface area contributed by atoms with Gasteiger partial charge in [-0.2, -0.15) is 5.10 Å². The van der Waals surface area contributed by atoms with Crippen LogP contribution in [-0.4, -0.2) is 18.2 Å². The van der Waals surface area contributed by atoms with Gasteiger partial charge in [-0.1, -0.05) is 41.9 Å². The molecule has 2 aromatic carbocycles. The number of nitrogens with two attached hydrogens (primary N) is 1. The van der Waals surface area contributed by atoms with Crippen LogP contribution < -0.4 is 10.5 Å². The first kappa shape index (κ1) is 16.5. The smallest absolute Gasteiger partial charge is 0.246 e. The zero-order chi connectivity index (χ0) is 17.2. The maximum absolute atomic E-state index is 12.5. The van der Waals surface area contributed by atoms with Crippen LogP contribution in [0.25, 0.3) is 5.69 Å². The summed E-state index contributed by atoms with van der Waals surface area (Å²) in [5.74, 6) is 0.0600. The summed E-state index contributed by atoms with van der Waals surface area (Å²) in [5, 5.41) is 4.67. The van der Waals surface area contributed by atoms with Crippen molar-refractivity contribution in [1.82, 2.24) is 14.5 Å². The number of anilines is 1. The van der Waals surface area contributed by atoms with Crippen molar-refractivity contribution in [3.05, 3.63) is 71.4 Å². The molecule has 3 aromatic rings. The predicted octanol–water partition coefficient (Wildman–Crippen LogP) is 2.59. The van der Waals surface area contributed by atoms with E-state index in [4.69, 9.17) is 17.3 Å². The third kappa shape index (κ3) is 3.43. The van der Waals surface area contributed by atoms with Crippen LogP contribution in [0.1, 0.15) is 5.56 Å². The Labute approximate surface area is 144 Å². The zero-order valence-electron chi connectivity index (χ0n) is 12.6. The van der Waals surface area contributed by atoms with Crippen LogP contribution >= 0.6 is 11.6 Å². The van der Waals surface area contributed by atoms with E-state index in [0.29, 0.717) is 10.7 Å². The lowest BCUT2D eigenvalue weighted by Gasteiger charge is -2.07. The third-order valence-corrected chi connectivity index (χ3v) is 5.11. The van der Waals surface area contributed by atoms with Crippen molar-refractivity contribution in [3.8, 4) is 5.69 Å². The lowest BCUT2D eigenvalue weighted by atomic mass is 10.2. The molecule has 1 aromatic heterocycles. The average Bonchev–Trinajstić information content (AvgIpc) is 2.98. The Balaban J connectivity index is 1.83. The fourth-order valence-electron chi connectivity index (χ4n) is 2.18. The second-order valence-corrected chi connectivity index (χ2v) is 7.26. The summed E-state index contributed by atoms with van der Waals surface area (Å²) in [6.45, 7) is 0.134. The summed E-state index contributed by atoms with van der Waals surface area (Å²) in [6.07, 6.45) is 1.24. The van der Waals surface area contributed by atoms with Crippen molar-refractivity contribution in [2.24, 2.45) is 0 Å². The standard InChI is InChI=1S/C16H15ClN4O2S/c17-13-8-6-12(7-9-13)10-20-24(22,23)15-11-19-21(16(15)18)14-4-2-1-3-5-14/h1-9,11,20H,10,18H2. The summed E-state index contributed by atoms with van der Waals surface area (Å²) >= 11 is 5.81. The average molecular weight is 363 g/mol. The Morgan fingerprint density at radius 1 is 1.08 bits per heavy atom. The number of rotatable bonds is 5. The maximum Gasteiger partial charge on any atom is 0.246 e. The molecule has 124 valence electrons. The molecular formula is C16H15ClN4O2S. The number of hydrogen-bond donors (Lipinski definition) is 2. The summed E-state index contributed by atoms with van der Waals surface area (Å²) < 4.78 is 28.8. The number of para-hydroxylation sites is 1. The number of benzene rings is 2. The second-order valence-electron chi connectivity index (χ2n) is 5.09. The van der Waals surface area contributed by atoms with Crippen LogP contribution in [0.3, 0.4) is 0 Å². The molecule has 3 N–H and O–H groups in total. The Hall–Kier alpha value is -2.35. The van der Waals surface area contributed by atoms with Crippen molar-refractivity contribution >= 4 is 27.4 Å². The van der Waals surface area contributed by atoms with Crippen molar-refractivity contribution in [2.75, 3.05) is 5.73 Å². The Morgan fingerprint density at radius 3 is 2.42 bits per heavy atom. The van der Waals surface area contributed by atoms with E-state index in [1.165, 1.54) is 10.9 Å². The van der Waals surface area contributed by atoms with Gasteiger partial charge in [0.15, 0.2) is 0 Å². The van der Waals surface area contributed by atoms with Crippen LogP contribution in [-0.2, 0) is 16.6 Å². The minimum absolute atomic E-state index is 0.0553. The molecule has 0 radical (unpaired) electrons. The molecule has 24 heavy (non-hydrogen) atoms. The molecule has 0 saturated carbocycles. The first-order valence-electron chi connectivity index (χ1n) is 7.10. The summed E-state index contributed by atoms with van der Waals surface area (Å²) in [7, 11) is -3.78. The SMILES string of the molecule is Nc1c(S(=O)(=O)NCc2ccc(Cl)cc2)cnn1-c1ccccc1. The van der Waals surface area contributed by atoms with E-state index in [0.717, 1.165) is 5.56 Å². The van der Waals surface area contributed by atoms with Crippen LogP contribution in [0.5, 0.6) is 0 Å². The van der Waals surface area contributed by atoms with E-state index in [1.54, 1.807) is 36.4 Å². The van der Waals surface area contributed by atoms with Crippen LogP contribution in [0, 0.1) is 0 Å². The van der Waals surface area contributed by atoms with Gasteiger partial charge in [-0.3, -0.25) is 0 Å². The van der Waals surface area contributed by atoms with Gasteiger partial charge >= 0.3 is 0 Å². The fourth-order valence-corrected chi connectivity index (χ4v) is 3.37. The minimum atomic E-state index is -3.78. The lowest BCUT2D eigenvalue weighted by Crippen LogP contribution is -2.24. The first-order chi connectivity index (χ1) is 11.5. The van der Waals surface area contributed by atoms with Crippen LogP contribution in [0.2, 0.25) is 5.02 Å². The predicted molar refractivity (Wildman–Crippen MR) is 93.5 cm³/mol. The number of aromatic nitrogens is 2. The highest BCUT2D eigenvalue weighted by atomic mass is 35.5. The molecule has 0 fully saturated rings. The van der Waals surface area contributed by atoms with E-state index in [2.05, 4.69) is 9.82 Å². The van der Waals surface area contributed by atoms with E-state index in [9.17, 15) is 8.42 Å². The van der Waals surface area contributed by atoms with Crippen LogP contribution in [0.15, 0.2) is 65.7 Å². The van der Waals surface area contributed by atoms with Gasteiger partial charge in [-0.15, -0.1) is 0 Å².